The number of para-hydroxylation sites is 1. The minimum absolute atomic E-state index is 0.00566. The van der Waals surface area contributed by atoms with Crippen molar-refractivity contribution in [2.45, 2.75) is 4.90 Å². The Hall–Kier alpha value is -4.19. The van der Waals surface area contributed by atoms with Gasteiger partial charge in [0.1, 0.15) is 11.6 Å². The molecule has 8 heteroatoms. The average molecular weight is 457 g/mol. The van der Waals surface area contributed by atoms with Crippen molar-refractivity contribution in [2.75, 3.05) is 12.4 Å². The number of nitrogens with two attached hydrogens (primary N) is 1. The first-order chi connectivity index (χ1) is 15.9. The van der Waals surface area contributed by atoms with Gasteiger partial charge in [-0.1, -0.05) is 42.5 Å². The number of anilines is 2. The summed E-state index contributed by atoms with van der Waals surface area (Å²) in [4.78, 5) is 4.59. The van der Waals surface area contributed by atoms with Crippen LogP contribution in [-0.4, -0.2) is 20.5 Å². The maximum atomic E-state index is 11.6. The van der Waals surface area contributed by atoms with E-state index in [1.54, 1.807) is 18.2 Å². The van der Waals surface area contributed by atoms with Crippen molar-refractivity contribution in [1.29, 1.82) is 5.26 Å². The van der Waals surface area contributed by atoms with Crippen LogP contribution in [0, 0.1) is 11.3 Å². The number of primary sulfonamides is 1. The number of methoxy groups -OCH3 is 1. The fraction of sp³-hybridized carbons (Fsp3) is 0.0400. The van der Waals surface area contributed by atoms with Crippen LogP contribution in [0.5, 0.6) is 5.88 Å². The molecule has 0 aliphatic heterocycles. The Bertz CT molecular complexity index is 1430. The van der Waals surface area contributed by atoms with Gasteiger partial charge < -0.3 is 10.1 Å². The number of nitrogens with zero attached hydrogens (tertiary/aromatic N) is 2. The van der Waals surface area contributed by atoms with Crippen LogP contribution in [0.15, 0.2) is 89.8 Å². The van der Waals surface area contributed by atoms with Crippen LogP contribution in [0.3, 0.4) is 0 Å². The number of nitrogens with one attached hydrogen (secondary N) is 1. The summed E-state index contributed by atoms with van der Waals surface area (Å²) in [5.74, 6) is 0.212. The summed E-state index contributed by atoms with van der Waals surface area (Å²) in [5, 5.41) is 18.1. The standard InChI is InChI=1S/C25H20N4O3S/c1-32-25-19(16-26)15-23(17-9-13-22(14-10-17)33(27,30)31)24(29-25)18-7-11-21(12-8-18)28-20-5-3-2-4-6-20/h2-15,28H,1H3,(H2,27,30,31). The Morgan fingerprint density at radius 3 is 2.09 bits per heavy atom. The molecule has 3 N–H and O–H groups in total. The van der Waals surface area contributed by atoms with Gasteiger partial charge in [0.25, 0.3) is 0 Å². The van der Waals surface area contributed by atoms with Crippen LogP contribution < -0.4 is 15.2 Å². The number of hydrogen-bond acceptors (Lipinski definition) is 6. The predicted molar refractivity (Wildman–Crippen MR) is 127 cm³/mol. The van der Waals surface area contributed by atoms with E-state index in [1.807, 2.05) is 54.6 Å². The lowest BCUT2D eigenvalue weighted by atomic mass is 9.97. The van der Waals surface area contributed by atoms with E-state index in [4.69, 9.17) is 9.88 Å². The molecule has 0 spiro atoms. The molecule has 1 heterocycles. The van der Waals surface area contributed by atoms with Gasteiger partial charge in [-0.25, -0.2) is 18.5 Å². The van der Waals surface area contributed by atoms with Gasteiger partial charge >= 0.3 is 0 Å². The molecule has 0 atom stereocenters. The second kappa shape index (κ2) is 9.12. The molecule has 7 nitrogen and oxygen atoms in total. The highest BCUT2D eigenvalue weighted by molar-refractivity contribution is 7.89. The lowest BCUT2D eigenvalue weighted by molar-refractivity contribution is 0.397. The molecule has 3 aromatic carbocycles. The van der Waals surface area contributed by atoms with Gasteiger partial charge in [-0.2, -0.15) is 5.26 Å². The first kappa shape index (κ1) is 22.0. The van der Waals surface area contributed by atoms with E-state index < -0.39 is 10.0 Å². The summed E-state index contributed by atoms with van der Waals surface area (Å²) in [6.45, 7) is 0. The number of hydrogen-bond donors (Lipinski definition) is 2. The number of sulfonamides is 1. The highest BCUT2D eigenvalue weighted by Crippen LogP contribution is 2.35. The van der Waals surface area contributed by atoms with Gasteiger partial charge in [0.15, 0.2) is 0 Å². The van der Waals surface area contributed by atoms with Crippen LogP contribution in [-0.2, 0) is 10.0 Å². The minimum atomic E-state index is -3.81. The molecule has 0 fully saturated rings. The van der Waals surface area contributed by atoms with Crippen molar-refractivity contribution < 1.29 is 13.2 Å². The smallest absolute Gasteiger partial charge is 0.238 e. The van der Waals surface area contributed by atoms with Gasteiger partial charge in [-0.05, 0) is 48.0 Å². The van der Waals surface area contributed by atoms with E-state index in [-0.39, 0.29) is 16.3 Å². The summed E-state index contributed by atoms with van der Waals surface area (Å²) >= 11 is 0. The predicted octanol–water partition coefficient (Wildman–Crippen LogP) is 4.69. The fourth-order valence-corrected chi connectivity index (χ4v) is 3.91. The highest BCUT2D eigenvalue weighted by Gasteiger charge is 2.17. The molecule has 0 bridgehead atoms. The molecule has 0 saturated heterocycles. The summed E-state index contributed by atoms with van der Waals surface area (Å²) < 4.78 is 28.5. The van der Waals surface area contributed by atoms with Gasteiger partial charge in [-0.15, -0.1) is 0 Å². The van der Waals surface area contributed by atoms with Crippen LogP contribution in [0.4, 0.5) is 11.4 Å². The molecule has 33 heavy (non-hydrogen) atoms. The van der Waals surface area contributed by atoms with Crippen LogP contribution >= 0.6 is 0 Å². The summed E-state index contributed by atoms with van der Waals surface area (Å²) in [6.07, 6.45) is 0. The van der Waals surface area contributed by atoms with Gasteiger partial charge in [0, 0.05) is 22.5 Å². The minimum Gasteiger partial charge on any atom is -0.480 e. The van der Waals surface area contributed by atoms with Crippen molar-refractivity contribution in [3.63, 3.8) is 0 Å². The van der Waals surface area contributed by atoms with Crippen molar-refractivity contribution in [1.82, 2.24) is 4.98 Å². The summed E-state index contributed by atoms with van der Waals surface area (Å²) in [5.41, 5.74) is 4.91. The zero-order valence-corrected chi connectivity index (χ0v) is 18.5. The maximum Gasteiger partial charge on any atom is 0.238 e. The third-order valence-electron chi connectivity index (χ3n) is 5.02. The number of rotatable bonds is 6. The molecule has 0 saturated carbocycles. The van der Waals surface area contributed by atoms with Crippen LogP contribution in [0.2, 0.25) is 0 Å². The molecule has 1 aromatic heterocycles. The van der Waals surface area contributed by atoms with Crippen molar-refractivity contribution >= 4 is 21.4 Å². The van der Waals surface area contributed by atoms with E-state index in [2.05, 4.69) is 16.4 Å². The van der Waals surface area contributed by atoms with Crippen molar-refractivity contribution in [3.05, 3.63) is 90.5 Å². The topological polar surface area (TPSA) is 118 Å². The number of pyridine rings is 1. The molecule has 0 amide bonds. The Morgan fingerprint density at radius 1 is 0.909 bits per heavy atom. The number of aromatic nitrogens is 1. The first-order valence-corrected chi connectivity index (χ1v) is 11.5. The zero-order chi connectivity index (χ0) is 23.4. The lowest BCUT2D eigenvalue weighted by Crippen LogP contribution is -2.11. The molecule has 0 radical (unpaired) electrons. The third-order valence-corrected chi connectivity index (χ3v) is 5.95. The van der Waals surface area contributed by atoms with E-state index in [0.29, 0.717) is 16.8 Å². The molecule has 0 aliphatic rings. The van der Waals surface area contributed by atoms with Crippen molar-refractivity contribution in [3.8, 4) is 34.3 Å². The summed E-state index contributed by atoms with van der Waals surface area (Å²) in [7, 11) is -2.35. The molecular weight excluding hydrogens is 436 g/mol. The van der Waals surface area contributed by atoms with Gasteiger partial charge in [-0.3, -0.25) is 0 Å². The van der Waals surface area contributed by atoms with Crippen LogP contribution in [0.1, 0.15) is 5.56 Å². The lowest BCUT2D eigenvalue weighted by Gasteiger charge is -2.14. The van der Waals surface area contributed by atoms with Crippen molar-refractivity contribution in [2.24, 2.45) is 5.14 Å². The largest absolute Gasteiger partial charge is 0.480 e. The molecule has 0 unspecified atom stereocenters. The second-order valence-electron chi connectivity index (χ2n) is 7.19. The number of ether oxygens (including phenoxy) is 1. The fourth-order valence-electron chi connectivity index (χ4n) is 3.40. The summed E-state index contributed by atoms with van der Waals surface area (Å²) in [6, 6.07) is 27.4. The third kappa shape index (κ3) is 4.85. The normalized spacial score (nSPS) is 10.9. The van der Waals surface area contributed by atoms with E-state index >= 15 is 0 Å². The first-order valence-electron chi connectivity index (χ1n) is 9.94. The second-order valence-corrected chi connectivity index (χ2v) is 8.75. The van der Waals surface area contributed by atoms with Gasteiger partial charge in [0.2, 0.25) is 15.9 Å². The molecule has 164 valence electrons. The quantitative estimate of drug-likeness (QED) is 0.435. The maximum absolute atomic E-state index is 11.6. The number of nitriles is 1. The average Bonchev–Trinajstić information content (AvgIpc) is 2.84. The Balaban J connectivity index is 1.78. The molecular formula is C25H20N4O3S. The van der Waals surface area contributed by atoms with E-state index in [9.17, 15) is 13.7 Å². The molecule has 0 aliphatic carbocycles. The Labute approximate surface area is 192 Å². The Kier molecular flexibility index (Phi) is 6.09. The van der Waals surface area contributed by atoms with Crippen LogP contribution in [0.25, 0.3) is 22.4 Å². The Morgan fingerprint density at radius 2 is 1.52 bits per heavy atom. The molecule has 4 rings (SSSR count). The monoisotopic (exact) mass is 456 g/mol. The van der Waals surface area contributed by atoms with E-state index in [1.165, 1.54) is 19.2 Å². The molecule has 4 aromatic rings. The van der Waals surface area contributed by atoms with Gasteiger partial charge in [0.05, 0.1) is 17.7 Å². The van der Waals surface area contributed by atoms with E-state index in [0.717, 1.165) is 16.9 Å². The zero-order valence-electron chi connectivity index (χ0n) is 17.7. The SMILES string of the molecule is COc1nc(-c2ccc(Nc3ccccc3)cc2)c(-c2ccc(S(N)(=O)=O)cc2)cc1C#N. The highest BCUT2D eigenvalue weighted by atomic mass is 32.2. The number of benzene rings is 3.